The second-order valence-electron chi connectivity index (χ2n) is 9.83. The van der Waals surface area contributed by atoms with E-state index in [0.29, 0.717) is 11.3 Å². The fraction of sp³-hybridized carbons (Fsp3) is 0.444. The van der Waals surface area contributed by atoms with Crippen LogP contribution in [0.2, 0.25) is 0 Å². The summed E-state index contributed by atoms with van der Waals surface area (Å²) in [6, 6.07) is 14.9. The molecule has 35 heavy (non-hydrogen) atoms. The molecule has 8 heteroatoms. The molecule has 1 saturated carbocycles. The van der Waals surface area contributed by atoms with E-state index in [1.54, 1.807) is 25.7 Å². The van der Waals surface area contributed by atoms with Crippen LogP contribution in [-0.4, -0.2) is 46.2 Å². The van der Waals surface area contributed by atoms with Crippen molar-refractivity contribution in [3.63, 3.8) is 0 Å². The Morgan fingerprint density at radius 2 is 1.69 bits per heavy atom. The Bertz CT molecular complexity index is 1030. The quantitative estimate of drug-likeness (QED) is 0.454. The molecule has 1 fully saturated rings. The fourth-order valence-corrected chi connectivity index (χ4v) is 4.23. The normalized spacial score (nSPS) is 15.3. The Morgan fingerprint density at radius 1 is 1.06 bits per heavy atom. The lowest BCUT2D eigenvalue weighted by Gasteiger charge is -2.43. The Kier molecular flexibility index (Phi) is 8.83. The number of thiol groups is 1. The molecule has 0 aromatic heterocycles. The minimum Gasteiger partial charge on any atom is -0.444 e. The van der Waals surface area contributed by atoms with Crippen molar-refractivity contribution in [1.29, 1.82) is 0 Å². The molecule has 3 amide bonds. The number of benzene rings is 2. The maximum atomic E-state index is 13.9. The predicted molar refractivity (Wildman–Crippen MR) is 140 cm³/mol. The summed E-state index contributed by atoms with van der Waals surface area (Å²) in [6.07, 6.45) is 1.86. The molecule has 7 nitrogen and oxygen atoms in total. The average Bonchev–Trinajstić information content (AvgIpc) is 2.76. The van der Waals surface area contributed by atoms with Gasteiger partial charge >= 0.3 is 6.09 Å². The first kappa shape index (κ1) is 26.6. The Morgan fingerprint density at radius 3 is 2.23 bits per heavy atom. The van der Waals surface area contributed by atoms with Crippen molar-refractivity contribution in [2.45, 2.75) is 70.7 Å². The van der Waals surface area contributed by atoms with Gasteiger partial charge in [0.15, 0.2) is 0 Å². The lowest BCUT2D eigenvalue weighted by molar-refractivity contribution is -0.145. The lowest BCUT2D eigenvalue weighted by Crippen LogP contribution is -2.57. The summed E-state index contributed by atoms with van der Waals surface area (Å²) < 4.78 is 5.35. The monoisotopic (exact) mass is 497 g/mol. The van der Waals surface area contributed by atoms with E-state index in [1.807, 2.05) is 61.5 Å². The van der Waals surface area contributed by atoms with E-state index in [2.05, 4.69) is 23.3 Å². The zero-order valence-corrected chi connectivity index (χ0v) is 21.7. The van der Waals surface area contributed by atoms with E-state index < -0.39 is 23.8 Å². The van der Waals surface area contributed by atoms with Gasteiger partial charge in [-0.2, -0.15) is 12.6 Å². The van der Waals surface area contributed by atoms with Gasteiger partial charge in [0.05, 0.1) is 0 Å². The van der Waals surface area contributed by atoms with E-state index in [9.17, 15) is 14.4 Å². The van der Waals surface area contributed by atoms with Gasteiger partial charge in [-0.15, -0.1) is 0 Å². The Balaban J connectivity index is 1.95. The van der Waals surface area contributed by atoms with E-state index in [4.69, 9.17) is 4.74 Å². The zero-order valence-electron chi connectivity index (χ0n) is 20.8. The summed E-state index contributed by atoms with van der Waals surface area (Å²) in [5.74, 6) is -0.590. The highest BCUT2D eigenvalue weighted by Gasteiger charge is 2.41. The molecule has 0 spiro atoms. The number of carbonyl (C=O) groups excluding carboxylic acids is 3. The first-order chi connectivity index (χ1) is 16.6. The summed E-state index contributed by atoms with van der Waals surface area (Å²) >= 11 is 4.33. The number of aryl methyl sites for hydroxylation is 1. The maximum Gasteiger partial charge on any atom is 0.408 e. The molecule has 2 unspecified atom stereocenters. The maximum absolute atomic E-state index is 13.9. The van der Waals surface area contributed by atoms with Crippen molar-refractivity contribution in [3.8, 4) is 0 Å². The molecule has 0 radical (unpaired) electrons. The van der Waals surface area contributed by atoms with Gasteiger partial charge in [-0.1, -0.05) is 48.5 Å². The number of nitrogens with zero attached hydrogens (tertiary/aromatic N) is 1. The number of carbonyl (C=O) groups is 3. The molecule has 2 aromatic rings. The molecule has 1 aliphatic rings. The van der Waals surface area contributed by atoms with Crippen LogP contribution in [0.25, 0.3) is 0 Å². The lowest BCUT2D eigenvalue weighted by atomic mass is 9.88. The van der Waals surface area contributed by atoms with Crippen molar-refractivity contribution in [2.75, 3.05) is 11.1 Å². The molecular formula is C27H35N3O4S. The number of rotatable bonds is 8. The molecule has 3 rings (SSSR count). The van der Waals surface area contributed by atoms with Crippen molar-refractivity contribution in [1.82, 2.24) is 10.2 Å². The van der Waals surface area contributed by atoms with Crippen LogP contribution in [0, 0.1) is 6.92 Å². The van der Waals surface area contributed by atoms with Crippen LogP contribution in [0.1, 0.15) is 57.2 Å². The van der Waals surface area contributed by atoms with Crippen LogP contribution in [0.15, 0.2) is 54.6 Å². The Hall–Kier alpha value is -3.00. The highest BCUT2D eigenvalue weighted by atomic mass is 32.1. The van der Waals surface area contributed by atoms with Crippen LogP contribution >= 0.6 is 12.6 Å². The van der Waals surface area contributed by atoms with Gasteiger partial charge in [-0.05, 0) is 64.2 Å². The SMILES string of the molecule is Cc1ccccc1NC(=O)C(c1ccccc1)N(C(=O)C(CS)NC(=O)OC(C)(C)C)C1CCC1. The molecular weight excluding hydrogens is 462 g/mol. The summed E-state index contributed by atoms with van der Waals surface area (Å²) in [6.45, 7) is 7.19. The van der Waals surface area contributed by atoms with Gasteiger partial charge in [0.25, 0.3) is 5.91 Å². The topological polar surface area (TPSA) is 87.7 Å². The number of ether oxygens (including phenoxy) is 1. The molecule has 0 bridgehead atoms. The van der Waals surface area contributed by atoms with Gasteiger partial charge in [0.1, 0.15) is 17.7 Å². The molecule has 0 aliphatic heterocycles. The van der Waals surface area contributed by atoms with Crippen molar-refractivity contribution >= 4 is 36.2 Å². The van der Waals surface area contributed by atoms with Crippen LogP contribution in [0.4, 0.5) is 10.5 Å². The predicted octanol–water partition coefficient (Wildman–Crippen LogP) is 4.88. The molecule has 1 aliphatic carbocycles. The number of para-hydroxylation sites is 1. The van der Waals surface area contributed by atoms with E-state index in [0.717, 1.165) is 24.8 Å². The highest BCUT2D eigenvalue weighted by Crippen LogP contribution is 2.34. The van der Waals surface area contributed by atoms with Crippen molar-refractivity contribution in [2.24, 2.45) is 0 Å². The third kappa shape index (κ3) is 7.01. The highest BCUT2D eigenvalue weighted by molar-refractivity contribution is 7.80. The van der Waals surface area contributed by atoms with Crippen LogP contribution in [0.5, 0.6) is 0 Å². The number of hydrogen-bond acceptors (Lipinski definition) is 5. The zero-order chi connectivity index (χ0) is 25.6. The fourth-order valence-electron chi connectivity index (χ4n) is 3.99. The number of amides is 3. The first-order valence-corrected chi connectivity index (χ1v) is 12.6. The van der Waals surface area contributed by atoms with E-state index in [1.165, 1.54) is 0 Å². The summed E-state index contributed by atoms with van der Waals surface area (Å²) in [5.41, 5.74) is 1.61. The van der Waals surface area contributed by atoms with E-state index in [-0.39, 0.29) is 23.6 Å². The van der Waals surface area contributed by atoms with Gasteiger partial charge in [0.2, 0.25) is 5.91 Å². The minimum absolute atomic E-state index is 0.0716. The van der Waals surface area contributed by atoms with Gasteiger partial charge in [0, 0.05) is 17.5 Å². The minimum atomic E-state index is -0.939. The van der Waals surface area contributed by atoms with Crippen LogP contribution in [0.3, 0.4) is 0 Å². The summed E-state index contributed by atoms with van der Waals surface area (Å²) in [4.78, 5) is 41.7. The third-order valence-corrected chi connectivity index (χ3v) is 6.30. The molecule has 2 atom stereocenters. The average molecular weight is 498 g/mol. The number of nitrogens with one attached hydrogen (secondary N) is 2. The van der Waals surface area contributed by atoms with Gasteiger partial charge in [-0.25, -0.2) is 4.79 Å². The molecule has 0 saturated heterocycles. The molecule has 0 heterocycles. The number of anilines is 1. The van der Waals surface area contributed by atoms with E-state index >= 15 is 0 Å². The first-order valence-electron chi connectivity index (χ1n) is 11.9. The Labute approximate surface area is 213 Å². The van der Waals surface area contributed by atoms with Crippen LogP contribution in [-0.2, 0) is 14.3 Å². The van der Waals surface area contributed by atoms with Crippen molar-refractivity contribution in [3.05, 3.63) is 65.7 Å². The summed E-state index contributed by atoms with van der Waals surface area (Å²) in [7, 11) is 0. The number of alkyl carbamates (subject to hydrolysis) is 1. The molecule has 2 aromatic carbocycles. The van der Waals surface area contributed by atoms with Gasteiger partial charge < -0.3 is 20.3 Å². The second kappa shape index (κ2) is 11.6. The van der Waals surface area contributed by atoms with Gasteiger partial charge in [-0.3, -0.25) is 9.59 Å². The second-order valence-corrected chi connectivity index (χ2v) is 10.2. The molecule has 188 valence electrons. The third-order valence-electron chi connectivity index (χ3n) is 5.94. The largest absolute Gasteiger partial charge is 0.444 e. The summed E-state index contributed by atoms with van der Waals surface area (Å²) in [5, 5.41) is 5.66. The van der Waals surface area contributed by atoms with Crippen LogP contribution < -0.4 is 10.6 Å². The smallest absolute Gasteiger partial charge is 0.408 e. The number of hydrogen-bond donors (Lipinski definition) is 3. The standard InChI is InChI=1S/C27H35N3O4S/c1-18-11-8-9-16-21(18)28-24(31)23(19-12-6-5-7-13-19)30(20-14-10-15-20)25(32)22(17-35)29-26(33)34-27(2,3)4/h5-9,11-13,16,20,22-23,35H,10,14-15,17H2,1-4H3,(H,28,31)(H,29,33). The van der Waals surface area contributed by atoms with Crippen molar-refractivity contribution < 1.29 is 19.1 Å². The molecule has 2 N–H and O–H groups in total.